The third-order valence-corrected chi connectivity index (χ3v) is 4.84. The van der Waals surface area contributed by atoms with Crippen LogP contribution in [0.4, 0.5) is 10.1 Å². The van der Waals surface area contributed by atoms with Crippen LogP contribution in [-0.2, 0) is 6.42 Å². The normalized spacial score (nSPS) is 13.7. The molecule has 1 aliphatic rings. The molecule has 2 aromatic rings. The molecule has 5 heteroatoms. The van der Waals surface area contributed by atoms with Crippen molar-refractivity contribution in [3.8, 4) is 5.75 Å². The first-order valence-corrected chi connectivity index (χ1v) is 8.25. The zero-order chi connectivity index (χ0) is 16.6. The van der Waals surface area contributed by atoms with E-state index in [1.54, 1.807) is 12.0 Å². The van der Waals surface area contributed by atoms with Crippen LogP contribution in [0.5, 0.6) is 5.75 Å². The summed E-state index contributed by atoms with van der Waals surface area (Å²) >= 11 is 3.29. The third kappa shape index (κ3) is 2.85. The first-order valence-electron chi connectivity index (χ1n) is 7.46. The summed E-state index contributed by atoms with van der Waals surface area (Å²) in [5.41, 5.74) is 3.57. The number of hydrogen-bond acceptors (Lipinski definition) is 2. The molecule has 1 aliphatic heterocycles. The van der Waals surface area contributed by atoms with E-state index in [0.717, 1.165) is 29.7 Å². The van der Waals surface area contributed by atoms with E-state index in [4.69, 9.17) is 4.74 Å². The van der Waals surface area contributed by atoms with Crippen LogP contribution in [-0.4, -0.2) is 19.6 Å². The van der Waals surface area contributed by atoms with Gasteiger partial charge in [0.25, 0.3) is 5.91 Å². The van der Waals surface area contributed by atoms with Crippen molar-refractivity contribution in [2.45, 2.75) is 19.8 Å². The number of ether oxygens (including phenoxy) is 1. The van der Waals surface area contributed by atoms with E-state index in [-0.39, 0.29) is 11.7 Å². The van der Waals surface area contributed by atoms with Crippen molar-refractivity contribution in [3.63, 3.8) is 0 Å². The lowest BCUT2D eigenvalue weighted by atomic mass is 9.95. The van der Waals surface area contributed by atoms with Gasteiger partial charge in [-0.2, -0.15) is 0 Å². The van der Waals surface area contributed by atoms with E-state index in [0.29, 0.717) is 22.3 Å². The van der Waals surface area contributed by atoms with E-state index in [9.17, 15) is 9.18 Å². The Bertz CT molecular complexity index is 776. The van der Waals surface area contributed by atoms with Gasteiger partial charge < -0.3 is 9.64 Å². The van der Waals surface area contributed by atoms with Gasteiger partial charge in [0, 0.05) is 11.0 Å². The van der Waals surface area contributed by atoms with Gasteiger partial charge in [-0.1, -0.05) is 6.07 Å². The zero-order valence-electron chi connectivity index (χ0n) is 13.0. The standard InChI is InChI=1S/C18H17BrFNO2/c1-11-5-8-16(23-2)17-13(11)4-3-9-21(17)18(22)14-7-6-12(20)10-15(14)19/h5-8,10H,3-4,9H2,1-2H3. The highest BCUT2D eigenvalue weighted by Gasteiger charge is 2.28. The molecular formula is C18H17BrFNO2. The monoisotopic (exact) mass is 377 g/mol. The molecule has 120 valence electrons. The van der Waals surface area contributed by atoms with Gasteiger partial charge in [0.15, 0.2) is 0 Å². The molecule has 1 amide bonds. The van der Waals surface area contributed by atoms with Gasteiger partial charge in [0.1, 0.15) is 11.6 Å². The van der Waals surface area contributed by atoms with Crippen molar-refractivity contribution in [3.05, 3.63) is 57.3 Å². The molecule has 3 nitrogen and oxygen atoms in total. The number of benzene rings is 2. The van der Waals surface area contributed by atoms with Crippen molar-refractivity contribution < 1.29 is 13.9 Å². The van der Waals surface area contributed by atoms with E-state index in [1.807, 2.05) is 19.1 Å². The fourth-order valence-corrected chi connectivity index (χ4v) is 3.55. The maximum atomic E-state index is 13.3. The van der Waals surface area contributed by atoms with Gasteiger partial charge in [-0.25, -0.2) is 4.39 Å². The number of nitrogens with zero attached hydrogens (tertiary/aromatic N) is 1. The Morgan fingerprint density at radius 1 is 1.30 bits per heavy atom. The molecule has 0 N–H and O–H groups in total. The Kier molecular flexibility index (Phi) is 4.39. The lowest BCUT2D eigenvalue weighted by Crippen LogP contribution is -2.36. The van der Waals surface area contributed by atoms with E-state index in [1.165, 1.54) is 18.2 Å². The number of rotatable bonds is 2. The first-order chi connectivity index (χ1) is 11.0. The van der Waals surface area contributed by atoms with E-state index in [2.05, 4.69) is 15.9 Å². The Hall–Kier alpha value is -1.88. The van der Waals surface area contributed by atoms with Gasteiger partial charge in [0.05, 0.1) is 18.4 Å². The van der Waals surface area contributed by atoms with Crippen molar-refractivity contribution >= 4 is 27.5 Å². The molecule has 0 aliphatic carbocycles. The summed E-state index contributed by atoms with van der Waals surface area (Å²) in [6, 6.07) is 8.03. The average molecular weight is 378 g/mol. The second kappa shape index (κ2) is 6.32. The van der Waals surface area contributed by atoms with Gasteiger partial charge in [0.2, 0.25) is 0 Å². The molecule has 0 saturated heterocycles. The van der Waals surface area contributed by atoms with Gasteiger partial charge in [-0.3, -0.25) is 4.79 Å². The number of aryl methyl sites for hydroxylation is 1. The summed E-state index contributed by atoms with van der Waals surface area (Å²) in [5.74, 6) is 0.166. The van der Waals surface area contributed by atoms with Crippen molar-refractivity contribution in [2.75, 3.05) is 18.6 Å². The van der Waals surface area contributed by atoms with Crippen molar-refractivity contribution in [1.82, 2.24) is 0 Å². The Morgan fingerprint density at radius 3 is 2.78 bits per heavy atom. The molecule has 0 aromatic heterocycles. The second-order valence-corrected chi connectivity index (χ2v) is 6.45. The minimum Gasteiger partial charge on any atom is -0.495 e. The summed E-state index contributed by atoms with van der Waals surface area (Å²) in [6.07, 6.45) is 1.82. The fraction of sp³-hybridized carbons (Fsp3) is 0.278. The summed E-state index contributed by atoms with van der Waals surface area (Å²) in [6.45, 7) is 2.66. The number of amides is 1. The smallest absolute Gasteiger partial charge is 0.259 e. The van der Waals surface area contributed by atoms with Crippen LogP contribution in [0.3, 0.4) is 0 Å². The molecule has 0 radical (unpaired) electrons. The second-order valence-electron chi connectivity index (χ2n) is 5.60. The van der Waals surface area contributed by atoms with E-state index >= 15 is 0 Å². The van der Waals surface area contributed by atoms with Crippen LogP contribution >= 0.6 is 15.9 Å². The maximum Gasteiger partial charge on any atom is 0.259 e. The molecule has 2 aromatic carbocycles. The molecule has 0 saturated carbocycles. The van der Waals surface area contributed by atoms with Crippen molar-refractivity contribution in [2.24, 2.45) is 0 Å². The lowest BCUT2D eigenvalue weighted by Gasteiger charge is -2.32. The van der Waals surface area contributed by atoms with Crippen LogP contribution in [0.2, 0.25) is 0 Å². The molecule has 23 heavy (non-hydrogen) atoms. The largest absolute Gasteiger partial charge is 0.495 e. The molecule has 0 fully saturated rings. The van der Waals surface area contributed by atoms with Gasteiger partial charge in [-0.05, 0) is 71.1 Å². The minimum absolute atomic E-state index is 0.151. The van der Waals surface area contributed by atoms with Crippen LogP contribution in [0.1, 0.15) is 27.9 Å². The quantitative estimate of drug-likeness (QED) is 0.770. The van der Waals surface area contributed by atoms with Crippen LogP contribution in [0.15, 0.2) is 34.8 Å². The number of anilines is 1. The number of hydrogen-bond donors (Lipinski definition) is 0. The molecular weight excluding hydrogens is 361 g/mol. The number of carbonyl (C=O) groups excluding carboxylic acids is 1. The molecule has 0 atom stereocenters. The fourth-order valence-electron chi connectivity index (χ4n) is 3.03. The molecule has 1 heterocycles. The summed E-state index contributed by atoms with van der Waals surface area (Å²) < 4.78 is 19.2. The highest BCUT2D eigenvalue weighted by Crippen LogP contribution is 2.39. The molecule has 0 bridgehead atoms. The molecule has 3 rings (SSSR count). The average Bonchev–Trinajstić information content (AvgIpc) is 2.54. The topological polar surface area (TPSA) is 29.5 Å². The predicted molar refractivity (Wildman–Crippen MR) is 91.8 cm³/mol. The summed E-state index contributed by atoms with van der Waals surface area (Å²) in [7, 11) is 1.61. The van der Waals surface area contributed by atoms with Gasteiger partial charge >= 0.3 is 0 Å². The molecule has 0 spiro atoms. The number of carbonyl (C=O) groups is 1. The third-order valence-electron chi connectivity index (χ3n) is 4.18. The minimum atomic E-state index is -0.374. The Morgan fingerprint density at radius 2 is 2.09 bits per heavy atom. The molecule has 0 unspecified atom stereocenters. The maximum absolute atomic E-state index is 13.3. The number of halogens is 2. The van der Waals surface area contributed by atoms with Gasteiger partial charge in [-0.15, -0.1) is 0 Å². The SMILES string of the molecule is COc1ccc(C)c2c1N(C(=O)c1ccc(F)cc1Br)CCC2. The summed E-state index contributed by atoms with van der Waals surface area (Å²) in [5, 5.41) is 0. The lowest BCUT2D eigenvalue weighted by molar-refractivity contribution is 0.0983. The van der Waals surface area contributed by atoms with Crippen molar-refractivity contribution in [1.29, 1.82) is 0 Å². The van der Waals surface area contributed by atoms with Crippen LogP contribution in [0.25, 0.3) is 0 Å². The highest BCUT2D eigenvalue weighted by atomic mass is 79.9. The first kappa shape index (κ1) is 16.0. The van der Waals surface area contributed by atoms with E-state index < -0.39 is 0 Å². The number of methoxy groups -OCH3 is 1. The van der Waals surface area contributed by atoms with Crippen LogP contribution in [0, 0.1) is 12.7 Å². The highest BCUT2D eigenvalue weighted by molar-refractivity contribution is 9.10. The Balaban J connectivity index is 2.09. The Labute approximate surface area is 143 Å². The zero-order valence-corrected chi connectivity index (χ0v) is 14.6. The summed E-state index contributed by atoms with van der Waals surface area (Å²) in [4.78, 5) is 14.7. The predicted octanol–water partition coefficient (Wildman–Crippen LogP) is 4.50. The van der Waals surface area contributed by atoms with Crippen LogP contribution < -0.4 is 9.64 Å². The number of fused-ring (bicyclic) bond motifs is 1.